The van der Waals surface area contributed by atoms with Crippen molar-refractivity contribution in [1.29, 1.82) is 0 Å². The molecule has 4 nitrogen and oxygen atoms in total. The normalized spacial score (nSPS) is 9.69. The molecule has 0 unspecified atom stereocenters. The van der Waals surface area contributed by atoms with Gasteiger partial charge in [-0.15, -0.1) is 0 Å². The predicted molar refractivity (Wildman–Crippen MR) is 58.7 cm³/mol. The molecule has 0 spiro atoms. The highest BCUT2D eigenvalue weighted by Gasteiger charge is 2.21. The van der Waals surface area contributed by atoms with Gasteiger partial charge in [-0.1, -0.05) is 6.07 Å². The Balaban J connectivity index is 3.03. The van der Waals surface area contributed by atoms with E-state index in [2.05, 4.69) is 4.74 Å². The van der Waals surface area contributed by atoms with E-state index in [9.17, 15) is 9.59 Å². The predicted octanol–water partition coefficient (Wildman–Crippen LogP) is 1.75. The molecule has 1 rings (SSSR count). The van der Waals surface area contributed by atoms with Gasteiger partial charge < -0.3 is 9.47 Å². The highest BCUT2D eigenvalue weighted by Crippen LogP contribution is 2.20. The summed E-state index contributed by atoms with van der Waals surface area (Å²) in [5, 5.41) is 0. The molecular formula is C12H14O4. The van der Waals surface area contributed by atoms with Gasteiger partial charge in [0.15, 0.2) is 0 Å². The fraction of sp³-hybridized carbons (Fsp3) is 0.333. The van der Waals surface area contributed by atoms with Crippen LogP contribution in [0.4, 0.5) is 0 Å². The lowest BCUT2D eigenvalue weighted by Crippen LogP contribution is -2.18. The van der Waals surface area contributed by atoms with Crippen LogP contribution in [0.25, 0.3) is 0 Å². The van der Waals surface area contributed by atoms with E-state index in [1.165, 1.54) is 7.11 Å². The van der Waals surface area contributed by atoms with E-state index in [0.29, 0.717) is 5.75 Å². The first-order valence-corrected chi connectivity index (χ1v) is 4.96. The first-order valence-electron chi connectivity index (χ1n) is 4.96. The smallest absolute Gasteiger partial charge is 0.379 e. The van der Waals surface area contributed by atoms with Crippen LogP contribution in [0.3, 0.4) is 0 Å². The summed E-state index contributed by atoms with van der Waals surface area (Å²) in [6, 6.07) is 5.01. The summed E-state index contributed by atoms with van der Waals surface area (Å²) >= 11 is 0. The number of carbonyl (C=O) groups excluding carboxylic acids is 2. The zero-order chi connectivity index (χ0) is 12.1. The Labute approximate surface area is 94.2 Å². The van der Waals surface area contributed by atoms with Crippen LogP contribution in [0.1, 0.15) is 22.8 Å². The van der Waals surface area contributed by atoms with Gasteiger partial charge in [0.25, 0.3) is 5.78 Å². The average molecular weight is 222 g/mol. The van der Waals surface area contributed by atoms with Crippen molar-refractivity contribution in [2.75, 3.05) is 13.7 Å². The Hall–Kier alpha value is -1.84. The number of aryl methyl sites for hydroxylation is 1. The van der Waals surface area contributed by atoms with Crippen molar-refractivity contribution in [2.24, 2.45) is 0 Å². The summed E-state index contributed by atoms with van der Waals surface area (Å²) in [4.78, 5) is 22.9. The minimum absolute atomic E-state index is 0.179. The van der Waals surface area contributed by atoms with Crippen molar-refractivity contribution >= 4 is 11.8 Å². The molecule has 0 heterocycles. The summed E-state index contributed by atoms with van der Waals surface area (Å²) in [6.45, 7) is 3.71. The van der Waals surface area contributed by atoms with E-state index < -0.39 is 11.8 Å². The van der Waals surface area contributed by atoms with Gasteiger partial charge in [0.2, 0.25) is 0 Å². The molecule has 1 aromatic rings. The average Bonchev–Trinajstić information content (AvgIpc) is 2.28. The van der Waals surface area contributed by atoms with E-state index in [1.807, 2.05) is 6.92 Å². The van der Waals surface area contributed by atoms with Crippen LogP contribution in [-0.2, 0) is 9.53 Å². The van der Waals surface area contributed by atoms with Gasteiger partial charge in [-0.3, -0.25) is 4.79 Å². The monoisotopic (exact) mass is 222 g/mol. The Morgan fingerprint density at radius 1 is 1.31 bits per heavy atom. The van der Waals surface area contributed by atoms with Gasteiger partial charge in [0.1, 0.15) is 5.75 Å². The second kappa shape index (κ2) is 5.30. The number of hydrogen-bond acceptors (Lipinski definition) is 4. The third kappa shape index (κ3) is 2.59. The summed E-state index contributed by atoms with van der Waals surface area (Å²) < 4.78 is 9.69. The largest absolute Gasteiger partial charge is 0.496 e. The number of ketones is 1. The van der Waals surface area contributed by atoms with Crippen LogP contribution < -0.4 is 4.74 Å². The first-order chi connectivity index (χ1) is 7.60. The molecule has 86 valence electrons. The summed E-state index contributed by atoms with van der Waals surface area (Å²) in [7, 11) is 1.46. The van der Waals surface area contributed by atoms with Crippen LogP contribution >= 0.6 is 0 Å². The number of benzene rings is 1. The maximum Gasteiger partial charge on any atom is 0.379 e. The molecule has 1 aromatic carbocycles. The van der Waals surface area contributed by atoms with Gasteiger partial charge in [-0.25, -0.2) is 4.79 Å². The third-order valence-corrected chi connectivity index (χ3v) is 2.06. The first kappa shape index (κ1) is 12.2. The Bertz CT molecular complexity index is 409. The zero-order valence-corrected chi connectivity index (χ0v) is 9.57. The van der Waals surface area contributed by atoms with Crippen LogP contribution in [0.5, 0.6) is 5.75 Å². The summed E-state index contributed by atoms with van der Waals surface area (Å²) in [6.07, 6.45) is 0. The molecule has 0 fully saturated rings. The fourth-order valence-electron chi connectivity index (χ4n) is 1.29. The molecule has 0 atom stereocenters. The third-order valence-electron chi connectivity index (χ3n) is 2.06. The van der Waals surface area contributed by atoms with Gasteiger partial charge >= 0.3 is 5.97 Å². The number of Topliss-reactive ketones (excluding diaryl/α,β-unsaturated/α-hetero) is 1. The number of ether oxygens (including phenoxy) is 2. The fourth-order valence-corrected chi connectivity index (χ4v) is 1.29. The SMILES string of the molecule is CCOC(=O)C(=O)c1ccc(C)cc1OC. The van der Waals surface area contributed by atoms with Crippen molar-refractivity contribution in [3.05, 3.63) is 29.3 Å². The van der Waals surface area contributed by atoms with Crippen molar-refractivity contribution in [1.82, 2.24) is 0 Å². The molecule has 0 saturated carbocycles. The maximum atomic E-state index is 11.7. The number of rotatable bonds is 4. The number of esters is 1. The van der Waals surface area contributed by atoms with Crippen molar-refractivity contribution in [3.63, 3.8) is 0 Å². The second-order valence-corrected chi connectivity index (χ2v) is 3.25. The molecule has 0 bridgehead atoms. The number of methoxy groups -OCH3 is 1. The minimum Gasteiger partial charge on any atom is -0.496 e. The minimum atomic E-state index is -0.857. The molecule has 0 radical (unpaired) electrons. The van der Waals surface area contributed by atoms with E-state index in [1.54, 1.807) is 25.1 Å². The highest BCUT2D eigenvalue weighted by molar-refractivity contribution is 6.41. The molecule has 16 heavy (non-hydrogen) atoms. The van der Waals surface area contributed by atoms with Crippen LogP contribution in [0.15, 0.2) is 18.2 Å². The molecule has 0 aromatic heterocycles. The van der Waals surface area contributed by atoms with E-state index in [4.69, 9.17) is 4.74 Å². The lowest BCUT2D eigenvalue weighted by Gasteiger charge is -2.07. The van der Waals surface area contributed by atoms with Gasteiger partial charge in [-0.2, -0.15) is 0 Å². The topological polar surface area (TPSA) is 52.6 Å². The molecule has 0 aliphatic carbocycles. The van der Waals surface area contributed by atoms with Gasteiger partial charge in [0, 0.05) is 0 Å². The summed E-state index contributed by atoms with van der Waals surface area (Å²) in [5.74, 6) is -1.15. The number of carbonyl (C=O) groups is 2. The van der Waals surface area contributed by atoms with Crippen molar-refractivity contribution < 1.29 is 19.1 Å². The van der Waals surface area contributed by atoms with Crippen molar-refractivity contribution in [2.45, 2.75) is 13.8 Å². The lowest BCUT2D eigenvalue weighted by molar-refractivity contribution is -0.137. The van der Waals surface area contributed by atoms with E-state index >= 15 is 0 Å². The molecule has 0 N–H and O–H groups in total. The molecule has 0 saturated heterocycles. The second-order valence-electron chi connectivity index (χ2n) is 3.25. The van der Waals surface area contributed by atoms with Gasteiger partial charge in [-0.05, 0) is 31.5 Å². The maximum absolute atomic E-state index is 11.7. The molecule has 0 aliphatic heterocycles. The molecule has 0 aliphatic rings. The quantitative estimate of drug-likeness (QED) is 0.442. The van der Waals surface area contributed by atoms with E-state index in [-0.39, 0.29) is 12.2 Å². The Morgan fingerprint density at radius 3 is 2.56 bits per heavy atom. The van der Waals surface area contributed by atoms with Crippen LogP contribution in [-0.4, -0.2) is 25.5 Å². The molecular weight excluding hydrogens is 208 g/mol. The van der Waals surface area contributed by atoms with Crippen LogP contribution in [0.2, 0.25) is 0 Å². The zero-order valence-electron chi connectivity index (χ0n) is 9.57. The van der Waals surface area contributed by atoms with Gasteiger partial charge in [0.05, 0.1) is 19.3 Å². The highest BCUT2D eigenvalue weighted by atomic mass is 16.5. The van der Waals surface area contributed by atoms with Crippen LogP contribution in [0, 0.1) is 6.92 Å². The Kier molecular flexibility index (Phi) is 4.05. The Morgan fingerprint density at radius 2 is 2.00 bits per heavy atom. The molecule has 0 amide bonds. The standard InChI is InChI=1S/C12H14O4/c1-4-16-12(14)11(13)9-6-5-8(2)7-10(9)15-3/h5-7H,4H2,1-3H3. The lowest BCUT2D eigenvalue weighted by atomic mass is 10.1. The number of hydrogen-bond donors (Lipinski definition) is 0. The van der Waals surface area contributed by atoms with E-state index in [0.717, 1.165) is 5.56 Å². The van der Waals surface area contributed by atoms with Crippen molar-refractivity contribution in [3.8, 4) is 5.75 Å². The molecule has 4 heteroatoms. The summed E-state index contributed by atoms with van der Waals surface area (Å²) in [5.41, 5.74) is 1.18.